The Balaban J connectivity index is 2.73. The molecule has 0 bridgehead atoms. The monoisotopic (exact) mass is 142 g/mol. The molecular formula is C10H11B. The maximum absolute atomic E-state index is 5.53. The van der Waals surface area contributed by atoms with Gasteiger partial charge in [-0.3, -0.25) is 0 Å². The summed E-state index contributed by atoms with van der Waals surface area (Å²) in [7, 11) is 5.53. The molecule has 0 spiro atoms. The Kier molecular flexibility index (Phi) is 2.97. The molecule has 11 heavy (non-hydrogen) atoms. The summed E-state index contributed by atoms with van der Waals surface area (Å²) in [5.74, 6) is 0. The highest BCUT2D eigenvalue weighted by molar-refractivity contribution is 6.32. The lowest BCUT2D eigenvalue weighted by molar-refractivity contribution is 1.23. The van der Waals surface area contributed by atoms with Gasteiger partial charge in [0.2, 0.25) is 0 Å². The molecule has 0 saturated heterocycles. The van der Waals surface area contributed by atoms with Crippen molar-refractivity contribution >= 4 is 19.4 Å². The largest absolute Gasteiger partial charge is 0.113 e. The summed E-state index contributed by atoms with van der Waals surface area (Å²) in [6.45, 7) is 2.12. The molecule has 0 N–H and O–H groups in total. The maximum atomic E-state index is 5.53. The molecule has 1 rings (SSSR count). The molecule has 1 aromatic carbocycles. The predicted octanol–water partition coefficient (Wildman–Crippen LogP) is 1.90. The Morgan fingerprint density at radius 1 is 1.27 bits per heavy atom. The quantitative estimate of drug-likeness (QED) is 0.553. The van der Waals surface area contributed by atoms with Gasteiger partial charge < -0.3 is 0 Å². The zero-order valence-corrected chi connectivity index (χ0v) is 6.75. The Morgan fingerprint density at radius 2 is 1.91 bits per heavy atom. The highest BCUT2D eigenvalue weighted by Crippen LogP contribution is 1.99. The molecular weight excluding hydrogens is 131 g/mol. The van der Waals surface area contributed by atoms with Crippen molar-refractivity contribution in [2.45, 2.75) is 13.3 Å². The third-order valence-electron chi connectivity index (χ3n) is 1.48. The number of allylic oxidation sites excluding steroid dienone is 1. The number of benzene rings is 1. The Morgan fingerprint density at radius 3 is 2.45 bits per heavy atom. The Labute approximate surface area is 69.4 Å². The minimum Gasteiger partial charge on any atom is -0.0966 e. The van der Waals surface area contributed by atoms with Gasteiger partial charge in [0.15, 0.2) is 0 Å². The lowest BCUT2D eigenvalue weighted by atomic mass is 9.95. The second-order valence-electron chi connectivity index (χ2n) is 2.48. The van der Waals surface area contributed by atoms with Gasteiger partial charge in [-0.1, -0.05) is 48.8 Å². The number of hydrogen-bond acceptors (Lipinski definition) is 0. The first-order valence-electron chi connectivity index (χ1n) is 3.85. The molecule has 0 saturated carbocycles. The normalized spacial score (nSPS) is 10.6. The van der Waals surface area contributed by atoms with Gasteiger partial charge in [-0.05, 0) is 12.0 Å². The molecule has 0 atom stereocenters. The molecule has 1 heteroatoms. The van der Waals surface area contributed by atoms with Gasteiger partial charge in [-0.2, -0.15) is 0 Å². The lowest BCUT2D eigenvalue weighted by Gasteiger charge is -1.93. The minimum atomic E-state index is 0.818. The van der Waals surface area contributed by atoms with Crippen LogP contribution >= 0.6 is 0 Å². The van der Waals surface area contributed by atoms with Crippen molar-refractivity contribution < 1.29 is 0 Å². The fraction of sp³-hybridized carbons (Fsp3) is 0.200. The van der Waals surface area contributed by atoms with Crippen molar-refractivity contribution in [2.24, 2.45) is 0 Å². The zero-order valence-electron chi connectivity index (χ0n) is 6.75. The fourth-order valence-corrected chi connectivity index (χ4v) is 0.861. The van der Waals surface area contributed by atoms with Crippen LogP contribution in [-0.2, 0) is 0 Å². The van der Waals surface area contributed by atoms with Crippen LogP contribution in [-0.4, -0.2) is 7.85 Å². The minimum absolute atomic E-state index is 0.818. The first kappa shape index (κ1) is 8.12. The van der Waals surface area contributed by atoms with Crippen molar-refractivity contribution in [3.8, 4) is 0 Å². The summed E-state index contributed by atoms with van der Waals surface area (Å²) in [4.78, 5) is 0. The van der Waals surface area contributed by atoms with Gasteiger partial charge in [-0.25, -0.2) is 0 Å². The second kappa shape index (κ2) is 4.02. The van der Waals surface area contributed by atoms with Crippen molar-refractivity contribution in [3.05, 3.63) is 35.9 Å². The van der Waals surface area contributed by atoms with Crippen LogP contribution in [0.4, 0.5) is 0 Å². The van der Waals surface area contributed by atoms with Crippen LogP contribution in [0.25, 0.3) is 6.08 Å². The molecule has 0 amide bonds. The molecule has 0 aliphatic rings. The fourth-order valence-electron chi connectivity index (χ4n) is 0.861. The van der Waals surface area contributed by atoms with Gasteiger partial charge in [0, 0.05) is 0 Å². The molecule has 0 aliphatic heterocycles. The maximum Gasteiger partial charge on any atom is 0.113 e. The van der Waals surface area contributed by atoms with E-state index in [0.717, 1.165) is 11.9 Å². The third-order valence-corrected chi connectivity index (χ3v) is 1.48. The molecule has 0 aliphatic carbocycles. The van der Waals surface area contributed by atoms with E-state index in [0.29, 0.717) is 0 Å². The van der Waals surface area contributed by atoms with Gasteiger partial charge in [0.25, 0.3) is 0 Å². The van der Waals surface area contributed by atoms with Crippen molar-refractivity contribution in [1.29, 1.82) is 0 Å². The summed E-state index contributed by atoms with van der Waals surface area (Å²) in [6.07, 6.45) is 5.30. The van der Waals surface area contributed by atoms with Crippen molar-refractivity contribution in [3.63, 3.8) is 0 Å². The molecule has 2 radical (unpaired) electrons. The first-order chi connectivity index (χ1) is 5.33. The first-order valence-corrected chi connectivity index (χ1v) is 3.85. The van der Waals surface area contributed by atoms with Crippen LogP contribution in [0.2, 0.25) is 0 Å². The van der Waals surface area contributed by atoms with Gasteiger partial charge in [0.1, 0.15) is 7.85 Å². The highest BCUT2D eigenvalue weighted by atomic mass is 13.9. The molecule has 0 nitrogen and oxygen atoms in total. The van der Waals surface area contributed by atoms with Gasteiger partial charge in [-0.15, -0.1) is 0 Å². The molecule has 0 fully saturated rings. The zero-order chi connectivity index (χ0) is 8.10. The van der Waals surface area contributed by atoms with Crippen molar-refractivity contribution in [2.75, 3.05) is 0 Å². The summed E-state index contributed by atoms with van der Waals surface area (Å²) in [5, 5.41) is 0. The molecule has 1 aromatic rings. The van der Waals surface area contributed by atoms with Crippen LogP contribution in [0, 0.1) is 0 Å². The van der Waals surface area contributed by atoms with Crippen LogP contribution in [0.1, 0.15) is 18.9 Å². The standard InChI is InChI=1S/C10H11B/c1-2-3-4-9-5-7-10(11)8-6-9/h3-8H,2H2,1H3/b4-3+. The lowest BCUT2D eigenvalue weighted by Crippen LogP contribution is -1.98. The Bertz CT molecular complexity index is 234. The van der Waals surface area contributed by atoms with Crippen LogP contribution in [0.3, 0.4) is 0 Å². The van der Waals surface area contributed by atoms with E-state index in [1.807, 2.05) is 24.3 Å². The number of rotatable bonds is 2. The van der Waals surface area contributed by atoms with E-state index in [2.05, 4.69) is 19.1 Å². The summed E-state index contributed by atoms with van der Waals surface area (Å²) < 4.78 is 0. The smallest absolute Gasteiger partial charge is 0.0966 e. The summed E-state index contributed by atoms with van der Waals surface area (Å²) in [5.41, 5.74) is 2.03. The number of hydrogen-bond donors (Lipinski definition) is 0. The third kappa shape index (κ3) is 2.63. The van der Waals surface area contributed by atoms with Crippen LogP contribution < -0.4 is 5.46 Å². The topological polar surface area (TPSA) is 0 Å². The van der Waals surface area contributed by atoms with E-state index in [1.165, 1.54) is 5.56 Å². The molecule has 0 heterocycles. The molecule has 0 aromatic heterocycles. The van der Waals surface area contributed by atoms with E-state index in [1.54, 1.807) is 0 Å². The molecule has 54 valence electrons. The SMILES string of the molecule is [B]c1ccc(/C=C/CC)cc1. The Hall–Kier alpha value is -0.975. The van der Waals surface area contributed by atoms with E-state index in [4.69, 9.17) is 7.85 Å². The van der Waals surface area contributed by atoms with Gasteiger partial charge >= 0.3 is 0 Å². The average molecular weight is 142 g/mol. The van der Waals surface area contributed by atoms with Crippen LogP contribution in [0.15, 0.2) is 30.3 Å². The highest BCUT2D eigenvalue weighted by Gasteiger charge is 1.83. The van der Waals surface area contributed by atoms with Crippen molar-refractivity contribution in [1.82, 2.24) is 0 Å². The van der Waals surface area contributed by atoms with E-state index < -0.39 is 0 Å². The van der Waals surface area contributed by atoms with Gasteiger partial charge in [0.05, 0.1) is 0 Å². The predicted molar refractivity (Wildman–Crippen MR) is 51.2 cm³/mol. The summed E-state index contributed by atoms with van der Waals surface area (Å²) >= 11 is 0. The van der Waals surface area contributed by atoms with E-state index in [9.17, 15) is 0 Å². The van der Waals surface area contributed by atoms with E-state index in [-0.39, 0.29) is 0 Å². The second-order valence-corrected chi connectivity index (χ2v) is 2.48. The average Bonchev–Trinajstić information content (AvgIpc) is 2.04. The summed E-state index contributed by atoms with van der Waals surface area (Å²) in [6, 6.07) is 7.85. The molecule has 0 unspecified atom stereocenters. The van der Waals surface area contributed by atoms with Crippen LogP contribution in [0.5, 0.6) is 0 Å². The van der Waals surface area contributed by atoms with E-state index >= 15 is 0 Å².